The molecule has 0 saturated carbocycles. The van der Waals surface area contributed by atoms with Crippen LogP contribution in [0.15, 0.2) is 24.3 Å². The van der Waals surface area contributed by atoms with Crippen LogP contribution in [0.1, 0.15) is 12.0 Å². The predicted octanol–water partition coefficient (Wildman–Crippen LogP) is 1.23. The van der Waals surface area contributed by atoms with E-state index in [0.29, 0.717) is 0 Å². The van der Waals surface area contributed by atoms with Crippen molar-refractivity contribution >= 4 is 40.6 Å². The smallest absolute Gasteiger partial charge is 0.414 e. The van der Waals surface area contributed by atoms with Crippen molar-refractivity contribution in [2.24, 2.45) is 0 Å². The fourth-order valence-electron chi connectivity index (χ4n) is 2.21. The molecule has 1 heterocycles. The van der Waals surface area contributed by atoms with Crippen molar-refractivity contribution in [3.63, 3.8) is 0 Å². The van der Waals surface area contributed by atoms with Crippen molar-refractivity contribution in [3.8, 4) is 5.75 Å². The molecule has 0 aliphatic rings. The van der Waals surface area contributed by atoms with Crippen molar-refractivity contribution in [2.45, 2.75) is 13.3 Å². The monoisotopic (exact) mass is 453 g/mol. The number of anilines is 1. The van der Waals surface area contributed by atoms with Crippen LogP contribution < -0.4 is 10.1 Å². The fourth-order valence-corrected chi connectivity index (χ4v) is 2.21. The summed E-state index contributed by atoms with van der Waals surface area (Å²) in [4.78, 5) is 43.2. The summed E-state index contributed by atoms with van der Waals surface area (Å²) in [5, 5.41) is 34.1. The van der Waals surface area contributed by atoms with Gasteiger partial charge in [0.15, 0.2) is 0 Å². The van der Waals surface area contributed by atoms with E-state index in [2.05, 4.69) is 48.4 Å². The van der Waals surface area contributed by atoms with E-state index in [-0.39, 0.29) is 0 Å². The Morgan fingerprint density at radius 1 is 0.969 bits per heavy atom. The largest absolute Gasteiger partial charge is 0.497 e. The van der Waals surface area contributed by atoms with Crippen LogP contribution in [0, 0.1) is 6.92 Å². The lowest BCUT2D eigenvalue weighted by molar-refractivity contribution is -0.159. The molecule has 176 valence electrons. The molecule has 0 saturated heterocycles. The normalized spacial score (nSPS) is 9.66. The van der Waals surface area contributed by atoms with Crippen LogP contribution in [0.2, 0.25) is 0 Å². The van der Waals surface area contributed by atoms with Crippen LogP contribution in [0.25, 0.3) is 10.9 Å². The van der Waals surface area contributed by atoms with Gasteiger partial charge in [-0.3, -0.25) is 0 Å². The first kappa shape index (κ1) is 28.1. The molecule has 0 unspecified atom stereocenters. The first-order valence-electron chi connectivity index (χ1n) is 9.15. The summed E-state index contributed by atoms with van der Waals surface area (Å²) < 4.78 is 5.26. The van der Waals surface area contributed by atoms with E-state index in [9.17, 15) is 0 Å². The van der Waals surface area contributed by atoms with Gasteiger partial charge < -0.3 is 35.4 Å². The Bertz CT molecular complexity index is 897. The van der Waals surface area contributed by atoms with Crippen molar-refractivity contribution < 1.29 is 44.3 Å². The lowest BCUT2D eigenvalue weighted by Crippen LogP contribution is -2.16. The quantitative estimate of drug-likeness (QED) is 0.311. The first-order chi connectivity index (χ1) is 14.9. The van der Waals surface area contributed by atoms with Crippen LogP contribution >= 0.6 is 0 Å². The zero-order valence-electron chi connectivity index (χ0n) is 18.2. The van der Waals surface area contributed by atoms with E-state index in [4.69, 9.17) is 44.3 Å². The number of hydrogen-bond acceptors (Lipinski definition) is 8. The van der Waals surface area contributed by atoms with Gasteiger partial charge in [0.1, 0.15) is 11.6 Å². The summed E-state index contributed by atoms with van der Waals surface area (Å²) in [5.41, 5.74) is 2.20. The molecule has 0 aliphatic heterocycles. The van der Waals surface area contributed by atoms with Gasteiger partial charge in [0, 0.05) is 18.0 Å². The van der Waals surface area contributed by atoms with E-state index in [1.807, 2.05) is 12.1 Å². The summed E-state index contributed by atoms with van der Waals surface area (Å²) in [6.45, 7) is 4.12. The second-order valence-corrected chi connectivity index (χ2v) is 6.51. The Morgan fingerprint density at radius 3 is 1.94 bits per heavy atom. The highest BCUT2D eigenvalue weighted by molar-refractivity contribution is 6.27. The topological polar surface area (TPSA) is 187 Å². The Morgan fingerprint density at radius 2 is 1.50 bits per heavy atom. The predicted molar refractivity (Wildman–Crippen MR) is 115 cm³/mol. The number of carbonyl (C=O) groups is 4. The van der Waals surface area contributed by atoms with Gasteiger partial charge in [-0.2, -0.15) is 0 Å². The molecule has 2 rings (SSSR count). The van der Waals surface area contributed by atoms with Gasteiger partial charge in [0.2, 0.25) is 0 Å². The molecular weight excluding hydrogens is 426 g/mol. The minimum absolute atomic E-state index is 0.842. The van der Waals surface area contributed by atoms with Crippen molar-refractivity contribution in [1.29, 1.82) is 0 Å². The Kier molecular flexibility index (Phi) is 12.4. The molecule has 32 heavy (non-hydrogen) atoms. The number of fused-ring (bicyclic) bond motifs is 1. The van der Waals surface area contributed by atoms with Crippen LogP contribution in [0.4, 0.5) is 5.82 Å². The lowest BCUT2D eigenvalue weighted by atomic mass is 10.1. The number of aromatic nitrogens is 1. The highest BCUT2D eigenvalue weighted by Crippen LogP contribution is 2.24. The highest BCUT2D eigenvalue weighted by atomic mass is 16.5. The maximum Gasteiger partial charge on any atom is 0.414 e. The molecule has 1 aromatic carbocycles. The number of aliphatic carboxylic acids is 4. The third kappa shape index (κ3) is 11.3. The Balaban J connectivity index is 0.000000662. The van der Waals surface area contributed by atoms with Gasteiger partial charge >= 0.3 is 23.9 Å². The third-order valence-electron chi connectivity index (χ3n) is 3.68. The van der Waals surface area contributed by atoms with Crippen LogP contribution in [0.3, 0.4) is 0 Å². The van der Waals surface area contributed by atoms with Gasteiger partial charge in [-0.05, 0) is 57.7 Å². The number of nitrogens with zero attached hydrogens (tertiary/aromatic N) is 2. The molecule has 1 aromatic heterocycles. The molecule has 0 fully saturated rings. The molecule has 5 N–H and O–H groups in total. The molecule has 0 amide bonds. The SMILES string of the molecule is COc1ccc2c(C)cc(NCCCN(C)C)nc2c1.O=C(O)C(=O)O.O=C(O)C(=O)O. The molecular formula is C20H27N3O9. The number of carboxylic acid groups (broad SMARTS) is 4. The van der Waals surface area contributed by atoms with E-state index >= 15 is 0 Å². The van der Waals surface area contributed by atoms with Crippen LogP contribution in [-0.4, -0.2) is 88.5 Å². The van der Waals surface area contributed by atoms with Crippen molar-refractivity contribution in [2.75, 3.05) is 39.6 Å². The van der Waals surface area contributed by atoms with Gasteiger partial charge in [-0.1, -0.05) is 0 Å². The number of ether oxygens (including phenoxy) is 1. The number of hydrogen-bond donors (Lipinski definition) is 5. The molecule has 0 bridgehead atoms. The molecule has 2 aromatic rings. The number of carboxylic acids is 4. The number of nitrogens with one attached hydrogen (secondary N) is 1. The second-order valence-electron chi connectivity index (χ2n) is 6.51. The first-order valence-corrected chi connectivity index (χ1v) is 9.15. The zero-order chi connectivity index (χ0) is 24.8. The third-order valence-corrected chi connectivity index (χ3v) is 3.68. The van der Waals surface area contributed by atoms with E-state index in [0.717, 1.165) is 36.6 Å². The molecule has 0 atom stereocenters. The zero-order valence-corrected chi connectivity index (χ0v) is 18.2. The average Bonchev–Trinajstić information content (AvgIpc) is 2.71. The summed E-state index contributed by atoms with van der Waals surface area (Å²) in [7, 11) is 5.85. The molecule has 0 aliphatic carbocycles. The minimum Gasteiger partial charge on any atom is -0.497 e. The molecule has 12 heteroatoms. The number of methoxy groups -OCH3 is 1. The van der Waals surface area contributed by atoms with E-state index in [1.54, 1.807) is 7.11 Å². The number of pyridine rings is 1. The van der Waals surface area contributed by atoms with Crippen LogP contribution in [-0.2, 0) is 19.2 Å². The van der Waals surface area contributed by atoms with Crippen molar-refractivity contribution in [1.82, 2.24) is 9.88 Å². The summed E-state index contributed by atoms with van der Waals surface area (Å²) in [5.74, 6) is -5.52. The molecule has 0 spiro atoms. The van der Waals surface area contributed by atoms with Gasteiger partial charge in [-0.25, -0.2) is 24.2 Å². The fraction of sp³-hybridized carbons (Fsp3) is 0.350. The maximum absolute atomic E-state index is 9.10. The highest BCUT2D eigenvalue weighted by Gasteiger charge is 2.05. The maximum atomic E-state index is 9.10. The Hall–Kier alpha value is -3.93. The van der Waals surface area contributed by atoms with Crippen LogP contribution in [0.5, 0.6) is 5.75 Å². The van der Waals surface area contributed by atoms with Gasteiger partial charge in [-0.15, -0.1) is 0 Å². The van der Waals surface area contributed by atoms with E-state index < -0.39 is 23.9 Å². The lowest BCUT2D eigenvalue weighted by Gasteiger charge is -2.12. The number of rotatable bonds is 6. The number of aryl methyl sites for hydroxylation is 1. The summed E-state index contributed by atoms with van der Waals surface area (Å²) in [6, 6.07) is 8.12. The summed E-state index contributed by atoms with van der Waals surface area (Å²) in [6.07, 6.45) is 1.10. The summed E-state index contributed by atoms with van der Waals surface area (Å²) >= 11 is 0. The minimum atomic E-state index is -1.82. The second kappa shape index (κ2) is 14.1. The van der Waals surface area contributed by atoms with E-state index in [1.165, 1.54) is 10.9 Å². The van der Waals surface area contributed by atoms with Gasteiger partial charge in [0.25, 0.3) is 0 Å². The number of benzene rings is 1. The Labute approximate surface area is 184 Å². The standard InChI is InChI=1S/C16H23N3O.2C2H2O4/c1-12-10-16(17-8-5-9-19(2)3)18-15-11-13(20-4)6-7-14(12)15;2*3-1(4)2(5)6/h6-7,10-11H,5,8-9H2,1-4H3,(H,17,18);2*(H,3,4)(H,5,6). The molecule has 12 nitrogen and oxygen atoms in total. The van der Waals surface area contributed by atoms with Crippen molar-refractivity contribution in [3.05, 3.63) is 29.8 Å². The van der Waals surface area contributed by atoms with Gasteiger partial charge in [0.05, 0.1) is 12.6 Å². The average molecular weight is 453 g/mol. The molecule has 0 radical (unpaired) electrons.